The highest BCUT2D eigenvalue weighted by Gasteiger charge is 2.34. The Morgan fingerprint density at radius 2 is 2.07 bits per heavy atom. The van der Waals surface area contributed by atoms with Crippen molar-refractivity contribution in [2.45, 2.75) is 38.3 Å². The van der Waals surface area contributed by atoms with E-state index in [1.54, 1.807) is 22.9 Å². The molecule has 156 valence electrons. The van der Waals surface area contributed by atoms with Gasteiger partial charge in [0.15, 0.2) is 5.82 Å². The van der Waals surface area contributed by atoms with Crippen molar-refractivity contribution in [3.8, 4) is 0 Å². The van der Waals surface area contributed by atoms with Crippen LogP contribution in [0.15, 0.2) is 57.9 Å². The molecule has 1 aliphatic rings. The van der Waals surface area contributed by atoms with Crippen LogP contribution in [0, 0.1) is 0 Å². The number of benzene rings is 1. The Balaban J connectivity index is 1.33. The third kappa shape index (κ3) is 4.42. The number of likely N-dealkylation sites (tertiary alicyclic amines) is 1. The number of nitrogens with zero attached hydrogens (tertiary/aromatic N) is 4. The smallest absolute Gasteiger partial charge is 0.257 e. The van der Waals surface area contributed by atoms with Gasteiger partial charge in [-0.2, -0.15) is 4.98 Å². The summed E-state index contributed by atoms with van der Waals surface area (Å²) < 4.78 is 10.4. The van der Waals surface area contributed by atoms with Gasteiger partial charge < -0.3 is 18.7 Å². The van der Waals surface area contributed by atoms with Crippen LogP contribution >= 0.6 is 0 Å². The molecule has 0 aliphatic carbocycles. The number of rotatable bonds is 7. The minimum absolute atomic E-state index is 0.0104. The number of carbonyl (C=O) groups excluding carboxylic acids is 2. The lowest BCUT2D eigenvalue weighted by Crippen LogP contribution is -2.30. The standard InChI is InChI=1S/C22H24N4O4/c1-25(14-16-6-3-2-4-7-16)20(27)10-9-19-23-21(24-30-19)18-8-5-12-26(18)22(28)17-11-13-29-15-17/h2-4,6-7,11,13,15,18H,5,8-10,12,14H2,1H3. The first-order valence-electron chi connectivity index (χ1n) is 10.1. The van der Waals surface area contributed by atoms with Crippen molar-refractivity contribution >= 4 is 11.8 Å². The van der Waals surface area contributed by atoms with Gasteiger partial charge in [-0.3, -0.25) is 9.59 Å². The van der Waals surface area contributed by atoms with Gasteiger partial charge in [-0.25, -0.2) is 0 Å². The van der Waals surface area contributed by atoms with E-state index in [-0.39, 0.29) is 24.3 Å². The number of amides is 2. The summed E-state index contributed by atoms with van der Waals surface area (Å²) in [5.41, 5.74) is 1.59. The van der Waals surface area contributed by atoms with Gasteiger partial charge in [-0.05, 0) is 24.5 Å². The van der Waals surface area contributed by atoms with Crippen LogP contribution in [0.5, 0.6) is 0 Å². The van der Waals surface area contributed by atoms with Gasteiger partial charge in [0, 0.05) is 33.0 Å². The molecule has 3 heterocycles. The lowest BCUT2D eigenvalue weighted by atomic mass is 10.2. The van der Waals surface area contributed by atoms with E-state index < -0.39 is 0 Å². The summed E-state index contributed by atoms with van der Waals surface area (Å²) in [7, 11) is 1.78. The van der Waals surface area contributed by atoms with Crippen molar-refractivity contribution in [1.82, 2.24) is 19.9 Å². The zero-order valence-corrected chi connectivity index (χ0v) is 16.9. The average molecular weight is 408 g/mol. The fourth-order valence-corrected chi connectivity index (χ4v) is 3.69. The van der Waals surface area contributed by atoms with Crippen molar-refractivity contribution in [3.05, 3.63) is 71.8 Å². The summed E-state index contributed by atoms with van der Waals surface area (Å²) in [6.07, 6.45) is 5.23. The molecule has 0 N–H and O–H groups in total. The molecular weight excluding hydrogens is 384 g/mol. The fourth-order valence-electron chi connectivity index (χ4n) is 3.69. The van der Waals surface area contributed by atoms with Crippen molar-refractivity contribution in [2.75, 3.05) is 13.6 Å². The van der Waals surface area contributed by atoms with Crippen molar-refractivity contribution in [2.24, 2.45) is 0 Å². The van der Waals surface area contributed by atoms with Crippen LogP contribution in [0.3, 0.4) is 0 Å². The van der Waals surface area contributed by atoms with Gasteiger partial charge in [0.2, 0.25) is 11.8 Å². The van der Waals surface area contributed by atoms with E-state index in [1.165, 1.54) is 12.5 Å². The van der Waals surface area contributed by atoms with E-state index >= 15 is 0 Å². The minimum Gasteiger partial charge on any atom is -0.472 e. The number of furan rings is 1. The first-order chi connectivity index (χ1) is 14.6. The van der Waals surface area contributed by atoms with Crippen LogP contribution in [-0.4, -0.2) is 45.3 Å². The van der Waals surface area contributed by atoms with E-state index in [9.17, 15) is 9.59 Å². The zero-order valence-electron chi connectivity index (χ0n) is 16.9. The van der Waals surface area contributed by atoms with Crippen LogP contribution in [0.4, 0.5) is 0 Å². The predicted octanol–water partition coefficient (Wildman–Crippen LogP) is 3.23. The Labute approximate surface area is 174 Å². The normalized spacial score (nSPS) is 16.0. The monoisotopic (exact) mass is 408 g/mol. The lowest BCUT2D eigenvalue weighted by Gasteiger charge is -2.21. The van der Waals surface area contributed by atoms with E-state index in [4.69, 9.17) is 8.94 Å². The third-order valence-electron chi connectivity index (χ3n) is 5.30. The maximum absolute atomic E-state index is 12.7. The number of hydrogen-bond acceptors (Lipinski definition) is 6. The van der Waals surface area contributed by atoms with Crippen molar-refractivity contribution < 1.29 is 18.5 Å². The minimum atomic E-state index is -0.221. The second-order valence-corrected chi connectivity index (χ2v) is 7.45. The fraction of sp³-hybridized carbons (Fsp3) is 0.364. The Kier molecular flexibility index (Phi) is 5.92. The Morgan fingerprint density at radius 1 is 1.23 bits per heavy atom. The highest BCUT2D eigenvalue weighted by atomic mass is 16.5. The van der Waals surface area contributed by atoms with Gasteiger partial charge >= 0.3 is 0 Å². The SMILES string of the molecule is CN(Cc1ccccc1)C(=O)CCc1nc(C2CCCN2C(=O)c2ccoc2)no1. The van der Waals surface area contributed by atoms with Crippen molar-refractivity contribution in [1.29, 1.82) is 0 Å². The maximum atomic E-state index is 12.7. The van der Waals surface area contributed by atoms with Gasteiger partial charge in [0.05, 0.1) is 17.9 Å². The second kappa shape index (κ2) is 8.94. The summed E-state index contributed by atoms with van der Waals surface area (Å²) >= 11 is 0. The molecule has 1 atom stereocenters. The predicted molar refractivity (Wildman–Crippen MR) is 107 cm³/mol. The molecule has 1 aromatic carbocycles. The number of aromatic nitrogens is 2. The number of hydrogen-bond donors (Lipinski definition) is 0. The molecule has 1 unspecified atom stereocenters. The molecule has 2 aromatic heterocycles. The van der Waals surface area contributed by atoms with Crippen LogP contribution in [0.1, 0.15) is 52.9 Å². The molecule has 3 aromatic rings. The van der Waals surface area contributed by atoms with Crippen molar-refractivity contribution in [3.63, 3.8) is 0 Å². The van der Waals surface area contributed by atoms with E-state index in [0.29, 0.717) is 36.8 Å². The Morgan fingerprint density at radius 3 is 2.83 bits per heavy atom. The van der Waals surface area contributed by atoms with Crippen LogP contribution < -0.4 is 0 Å². The molecule has 0 spiro atoms. The molecule has 1 saturated heterocycles. The quantitative estimate of drug-likeness (QED) is 0.596. The molecule has 1 fully saturated rings. The first kappa shape index (κ1) is 19.9. The second-order valence-electron chi connectivity index (χ2n) is 7.45. The Bertz CT molecular complexity index is 984. The molecule has 0 radical (unpaired) electrons. The van der Waals surface area contributed by atoms with E-state index in [2.05, 4.69) is 10.1 Å². The molecule has 0 saturated carbocycles. The van der Waals surface area contributed by atoms with Gasteiger partial charge in [0.25, 0.3) is 5.91 Å². The van der Waals surface area contributed by atoms with Gasteiger partial charge in [-0.15, -0.1) is 0 Å². The summed E-state index contributed by atoms with van der Waals surface area (Å²) in [5.74, 6) is 0.810. The zero-order chi connectivity index (χ0) is 20.9. The molecule has 8 nitrogen and oxygen atoms in total. The average Bonchev–Trinajstić information content (AvgIpc) is 3.53. The number of aryl methyl sites for hydroxylation is 1. The van der Waals surface area contributed by atoms with Gasteiger partial charge in [-0.1, -0.05) is 35.5 Å². The molecular formula is C22H24N4O4. The maximum Gasteiger partial charge on any atom is 0.257 e. The van der Waals surface area contributed by atoms with E-state index in [0.717, 1.165) is 18.4 Å². The van der Waals surface area contributed by atoms with Gasteiger partial charge in [0.1, 0.15) is 6.26 Å². The molecule has 0 bridgehead atoms. The topological polar surface area (TPSA) is 92.7 Å². The van der Waals surface area contributed by atoms with Crippen LogP contribution in [0.2, 0.25) is 0 Å². The molecule has 4 rings (SSSR count). The first-order valence-corrected chi connectivity index (χ1v) is 10.1. The van der Waals surface area contributed by atoms with Crippen LogP contribution in [-0.2, 0) is 17.8 Å². The molecule has 8 heteroatoms. The highest BCUT2D eigenvalue weighted by Crippen LogP contribution is 2.31. The molecule has 30 heavy (non-hydrogen) atoms. The summed E-state index contributed by atoms with van der Waals surface area (Å²) in [5, 5.41) is 4.07. The lowest BCUT2D eigenvalue weighted by molar-refractivity contribution is -0.130. The van der Waals surface area contributed by atoms with E-state index in [1.807, 2.05) is 30.3 Å². The highest BCUT2D eigenvalue weighted by molar-refractivity contribution is 5.94. The summed E-state index contributed by atoms with van der Waals surface area (Å²) in [4.78, 5) is 33.0. The third-order valence-corrected chi connectivity index (χ3v) is 5.30. The largest absolute Gasteiger partial charge is 0.472 e. The van der Waals surface area contributed by atoms with Crippen LogP contribution in [0.25, 0.3) is 0 Å². The summed E-state index contributed by atoms with van der Waals surface area (Å²) in [6.45, 7) is 1.20. The number of carbonyl (C=O) groups is 2. The molecule has 1 aliphatic heterocycles. The Hall–Kier alpha value is -3.42. The molecule has 2 amide bonds. The summed E-state index contributed by atoms with van der Waals surface area (Å²) in [6, 6.07) is 11.3.